The Morgan fingerprint density at radius 2 is 2.36 bits per heavy atom. The Morgan fingerprint density at radius 1 is 1.55 bits per heavy atom. The number of ether oxygens (including phenoxy) is 1. The number of hydrogen-bond acceptors (Lipinski definition) is 5. The summed E-state index contributed by atoms with van der Waals surface area (Å²) >= 11 is 1.24. The molecule has 1 heterocycles. The zero-order chi connectivity index (χ0) is 15.9. The fourth-order valence-corrected chi connectivity index (χ4v) is 2.01. The van der Waals surface area contributed by atoms with Crippen LogP contribution in [0.25, 0.3) is 0 Å². The van der Waals surface area contributed by atoms with E-state index in [9.17, 15) is 4.39 Å². The predicted octanol–water partition coefficient (Wildman–Crippen LogP) is 2.56. The number of halogens is 1. The molecule has 2 rings (SSSR count). The number of nitriles is 1. The first-order valence-electron chi connectivity index (χ1n) is 6.31. The predicted molar refractivity (Wildman–Crippen MR) is 83.3 cm³/mol. The van der Waals surface area contributed by atoms with Crippen molar-refractivity contribution < 1.29 is 9.13 Å². The van der Waals surface area contributed by atoms with Gasteiger partial charge in [-0.2, -0.15) is 10.4 Å². The highest BCUT2D eigenvalue weighted by Crippen LogP contribution is 2.29. The zero-order valence-electron chi connectivity index (χ0n) is 12.1. The van der Waals surface area contributed by atoms with Gasteiger partial charge in [0.15, 0.2) is 11.4 Å². The van der Waals surface area contributed by atoms with Crippen molar-refractivity contribution in [3.05, 3.63) is 42.0 Å². The van der Waals surface area contributed by atoms with Crippen molar-refractivity contribution in [2.75, 3.05) is 6.26 Å². The largest absolute Gasteiger partial charge is 0.485 e. The molecule has 0 amide bonds. The van der Waals surface area contributed by atoms with E-state index in [2.05, 4.69) is 15.4 Å². The highest BCUT2D eigenvalue weighted by atomic mass is 32.2. The molecule has 0 aliphatic heterocycles. The molecule has 0 unspecified atom stereocenters. The minimum absolute atomic E-state index is 0.245. The van der Waals surface area contributed by atoms with Crippen molar-refractivity contribution in [1.29, 1.82) is 5.26 Å². The van der Waals surface area contributed by atoms with Gasteiger partial charge in [-0.15, -0.1) is 0 Å². The lowest BCUT2D eigenvalue weighted by Crippen LogP contribution is -2.12. The standard InChI is InChI=1S/C14H14FN5OS/c1-20-6-5-11(19-20)8-21-13-4-3-10(15)7-12(13)18-14(22-2)17-9-16/h3-7H,8H2,1-2H3,(H,17,18). The van der Waals surface area contributed by atoms with Crippen LogP contribution in [-0.4, -0.2) is 21.2 Å². The average Bonchev–Trinajstić information content (AvgIpc) is 2.91. The van der Waals surface area contributed by atoms with Gasteiger partial charge < -0.3 is 4.74 Å². The third-order valence-electron chi connectivity index (χ3n) is 2.64. The molecule has 0 fully saturated rings. The second-order valence-corrected chi connectivity index (χ2v) is 5.03. The third-order valence-corrected chi connectivity index (χ3v) is 3.22. The lowest BCUT2D eigenvalue weighted by atomic mass is 10.3. The van der Waals surface area contributed by atoms with Gasteiger partial charge in [0, 0.05) is 19.3 Å². The van der Waals surface area contributed by atoms with E-state index >= 15 is 0 Å². The second kappa shape index (κ2) is 7.47. The molecule has 0 saturated carbocycles. The van der Waals surface area contributed by atoms with Gasteiger partial charge in [-0.05, 0) is 24.5 Å². The number of nitrogens with zero attached hydrogens (tertiary/aromatic N) is 4. The Hall–Kier alpha value is -2.53. The van der Waals surface area contributed by atoms with Crippen LogP contribution in [0.3, 0.4) is 0 Å². The maximum absolute atomic E-state index is 13.4. The number of benzene rings is 1. The van der Waals surface area contributed by atoms with Gasteiger partial charge in [0.2, 0.25) is 0 Å². The first-order valence-corrected chi connectivity index (χ1v) is 7.53. The van der Waals surface area contributed by atoms with Crippen LogP contribution < -0.4 is 10.1 Å². The lowest BCUT2D eigenvalue weighted by molar-refractivity contribution is 0.301. The minimum atomic E-state index is -0.429. The maximum atomic E-state index is 13.4. The Kier molecular flexibility index (Phi) is 5.38. The fourth-order valence-electron chi connectivity index (χ4n) is 1.67. The summed E-state index contributed by atoms with van der Waals surface area (Å²) in [5.41, 5.74) is 1.06. The van der Waals surface area contributed by atoms with Crippen LogP contribution in [0.5, 0.6) is 5.75 Å². The lowest BCUT2D eigenvalue weighted by Gasteiger charge is -2.08. The first-order chi connectivity index (χ1) is 10.6. The normalized spacial score (nSPS) is 11.1. The van der Waals surface area contributed by atoms with Crippen molar-refractivity contribution in [1.82, 2.24) is 15.1 Å². The number of hydrogen-bond donors (Lipinski definition) is 1. The van der Waals surface area contributed by atoms with Crippen molar-refractivity contribution in [2.24, 2.45) is 12.0 Å². The molecular formula is C14H14FN5OS. The molecule has 2 aromatic rings. The van der Waals surface area contributed by atoms with Gasteiger partial charge in [0.1, 0.15) is 23.9 Å². The average molecular weight is 319 g/mol. The highest BCUT2D eigenvalue weighted by Gasteiger charge is 2.08. The number of thioether (sulfide) groups is 1. The number of amidine groups is 1. The Bertz CT molecular complexity index is 722. The molecule has 1 aromatic heterocycles. The molecule has 114 valence electrons. The molecule has 0 bridgehead atoms. The summed E-state index contributed by atoms with van der Waals surface area (Å²) in [6.45, 7) is 0.245. The molecule has 0 aliphatic carbocycles. The van der Waals surface area contributed by atoms with Gasteiger partial charge in [0.05, 0.1) is 5.69 Å². The molecule has 1 aromatic carbocycles. The van der Waals surface area contributed by atoms with Crippen molar-refractivity contribution in [2.45, 2.75) is 6.61 Å². The molecule has 0 aliphatic rings. The van der Waals surface area contributed by atoms with Crippen LogP contribution in [0, 0.1) is 17.3 Å². The molecular weight excluding hydrogens is 305 g/mol. The molecule has 0 radical (unpaired) electrons. The van der Waals surface area contributed by atoms with Crippen LogP contribution in [0.4, 0.5) is 10.1 Å². The van der Waals surface area contributed by atoms with Gasteiger partial charge in [0.25, 0.3) is 0 Å². The van der Waals surface area contributed by atoms with E-state index in [1.807, 2.05) is 19.3 Å². The van der Waals surface area contributed by atoms with Gasteiger partial charge >= 0.3 is 0 Å². The molecule has 0 spiro atoms. The zero-order valence-corrected chi connectivity index (χ0v) is 12.9. The summed E-state index contributed by atoms with van der Waals surface area (Å²) in [6, 6.07) is 5.88. The smallest absolute Gasteiger partial charge is 0.183 e. The Balaban J connectivity index is 2.22. The second-order valence-electron chi connectivity index (χ2n) is 4.24. The quantitative estimate of drug-likeness (QED) is 0.406. The molecule has 8 heteroatoms. The molecule has 22 heavy (non-hydrogen) atoms. The number of rotatable bonds is 4. The van der Waals surface area contributed by atoms with Crippen LogP contribution >= 0.6 is 11.8 Å². The van der Waals surface area contributed by atoms with Gasteiger partial charge in [-0.3, -0.25) is 10.00 Å². The SMILES string of the molecule is CSC(=Nc1cc(F)ccc1OCc1ccn(C)n1)NC#N. The third kappa shape index (κ3) is 4.23. The number of aryl methyl sites for hydroxylation is 1. The van der Waals surface area contributed by atoms with E-state index in [0.29, 0.717) is 16.6 Å². The van der Waals surface area contributed by atoms with E-state index < -0.39 is 5.82 Å². The highest BCUT2D eigenvalue weighted by molar-refractivity contribution is 8.13. The molecule has 0 saturated heterocycles. The fraction of sp³-hybridized carbons (Fsp3) is 0.214. The van der Waals surface area contributed by atoms with Crippen LogP contribution in [-0.2, 0) is 13.7 Å². The van der Waals surface area contributed by atoms with Crippen molar-refractivity contribution in [3.63, 3.8) is 0 Å². The molecule has 6 nitrogen and oxygen atoms in total. The van der Waals surface area contributed by atoms with E-state index in [1.165, 1.54) is 30.0 Å². The first kappa shape index (κ1) is 15.9. The van der Waals surface area contributed by atoms with E-state index in [1.54, 1.807) is 17.1 Å². The van der Waals surface area contributed by atoms with E-state index in [4.69, 9.17) is 10.00 Å². The summed E-state index contributed by atoms with van der Waals surface area (Å²) in [5.74, 6) is -0.0142. The summed E-state index contributed by atoms with van der Waals surface area (Å²) in [4.78, 5) is 4.20. The van der Waals surface area contributed by atoms with E-state index in [0.717, 1.165) is 5.69 Å². The summed E-state index contributed by atoms with van der Waals surface area (Å²) in [7, 11) is 1.81. The number of aliphatic imine (C=N–C) groups is 1. The van der Waals surface area contributed by atoms with Gasteiger partial charge in [-0.25, -0.2) is 9.38 Å². The maximum Gasteiger partial charge on any atom is 0.183 e. The Labute approximate surface area is 131 Å². The van der Waals surface area contributed by atoms with Crippen LogP contribution in [0.2, 0.25) is 0 Å². The topological polar surface area (TPSA) is 75.2 Å². The number of nitrogens with one attached hydrogen (secondary N) is 1. The van der Waals surface area contributed by atoms with Crippen LogP contribution in [0.1, 0.15) is 5.69 Å². The summed E-state index contributed by atoms with van der Waals surface area (Å²) < 4.78 is 20.7. The number of aromatic nitrogens is 2. The Morgan fingerprint density at radius 3 is 3.00 bits per heavy atom. The minimum Gasteiger partial charge on any atom is -0.485 e. The van der Waals surface area contributed by atoms with Gasteiger partial charge in [-0.1, -0.05) is 11.8 Å². The van der Waals surface area contributed by atoms with Crippen LogP contribution in [0.15, 0.2) is 35.5 Å². The summed E-state index contributed by atoms with van der Waals surface area (Å²) in [6.07, 6.45) is 5.36. The van der Waals surface area contributed by atoms with E-state index in [-0.39, 0.29) is 6.61 Å². The molecule has 1 N–H and O–H groups in total. The van der Waals surface area contributed by atoms with Crippen molar-refractivity contribution in [3.8, 4) is 11.9 Å². The monoisotopic (exact) mass is 319 g/mol. The summed E-state index contributed by atoms with van der Waals surface area (Å²) in [5, 5.41) is 15.6. The molecule has 0 atom stereocenters. The van der Waals surface area contributed by atoms with Crippen molar-refractivity contribution >= 4 is 22.6 Å².